The Hall–Kier alpha value is -2.02. The normalized spacial score (nSPS) is 11.6. The van der Waals surface area contributed by atoms with Crippen LogP contribution < -0.4 is 10.5 Å². The van der Waals surface area contributed by atoms with Crippen molar-refractivity contribution in [3.63, 3.8) is 0 Å². The van der Waals surface area contributed by atoms with Crippen molar-refractivity contribution < 1.29 is 12.9 Å². The molecular weight excluding hydrogens is 278 g/mol. The van der Waals surface area contributed by atoms with Gasteiger partial charge >= 0.3 is 0 Å². The fourth-order valence-electron chi connectivity index (χ4n) is 2.06. The van der Waals surface area contributed by atoms with Gasteiger partial charge in [0.15, 0.2) is 10.7 Å². The Balaban J connectivity index is 2.53. The molecule has 1 aromatic carbocycles. The standard InChI is InChI=1S/C13H17N3O3S/c1-7-5-6-11(14)8(2)12(7)16-20(17,18)13-9(3)15-19-10(13)4/h5-6,16H,14H2,1-4H3. The van der Waals surface area contributed by atoms with E-state index in [-0.39, 0.29) is 10.7 Å². The van der Waals surface area contributed by atoms with Crippen molar-refractivity contribution in [2.24, 2.45) is 0 Å². The van der Waals surface area contributed by atoms with Gasteiger partial charge in [0.1, 0.15) is 5.69 Å². The summed E-state index contributed by atoms with van der Waals surface area (Å²) in [6.45, 7) is 6.74. The van der Waals surface area contributed by atoms with Crippen LogP contribution in [0.25, 0.3) is 0 Å². The fraction of sp³-hybridized carbons (Fsp3) is 0.308. The van der Waals surface area contributed by atoms with E-state index in [4.69, 9.17) is 10.3 Å². The summed E-state index contributed by atoms with van der Waals surface area (Å²) in [5.41, 5.74) is 8.67. The van der Waals surface area contributed by atoms with Crippen molar-refractivity contribution in [3.8, 4) is 0 Å². The van der Waals surface area contributed by atoms with Crippen LogP contribution in [0.1, 0.15) is 22.6 Å². The highest BCUT2D eigenvalue weighted by Crippen LogP contribution is 2.29. The van der Waals surface area contributed by atoms with Crippen molar-refractivity contribution in [2.45, 2.75) is 32.6 Å². The minimum atomic E-state index is -3.75. The first-order valence-corrected chi connectivity index (χ1v) is 7.53. The summed E-state index contributed by atoms with van der Waals surface area (Å²) in [5, 5.41) is 3.67. The second-order valence-corrected chi connectivity index (χ2v) is 6.35. The van der Waals surface area contributed by atoms with Gasteiger partial charge in [-0.1, -0.05) is 11.2 Å². The molecule has 0 amide bonds. The minimum Gasteiger partial charge on any atom is -0.398 e. The SMILES string of the molecule is Cc1ccc(N)c(C)c1NS(=O)(=O)c1c(C)noc1C. The lowest BCUT2D eigenvalue weighted by atomic mass is 10.1. The zero-order valence-electron chi connectivity index (χ0n) is 11.8. The van der Waals surface area contributed by atoms with Crippen molar-refractivity contribution >= 4 is 21.4 Å². The maximum absolute atomic E-state index is 12.5. The summed E-state index contributed by atoms with van der Waals surface area (Å²) < 4.78 is 32.4. The molecule has 0 atom stereocenters. The first-order chi connectivity index (χ1) is 9.24. The third kappa shape index (κ3) is 2.36. The molecule has 0 aliphatic carbocycles. The van der Waals surface area contributed by atoms with E-state index >= 15 is 0 Å². The van der Waals surface area contributed by atoms with Crippen LogP contribution in [-0.2, 0) is 10.0 Å². The van der Waals surface area contributed by atoms with E-state index in [9.17, 15) is 8.42 Å². The molecule has 7 heteroatoms. The largest absolute Gasteiger partial charge is 0.398 e. The molecule has 0 spiro atoms. The van der Waals surface area contributed by atoms with E-state index in [0.29, 0.717) is 22.6 Å². The van der Waals surface area contributed by atoms with Crippen molar-refractivity contribution in [2.75, 3.05) is 10.5 Å². The monoisotopic (exact) mass is 295 g/mol. The van der Waals surface area contributed by atoms with Crippen LogP contribution >= 0.6 is 0 Å². The van der Waals surface area contributed by atoms with Gasteiger partial charge in [-0.3, -0.25) is 4.72 Å². The number of rotatable bonds is 3. The van der Waals surface area contributed by atoms with Crippen molar-refractivity contribution in [3.05, 3.63) is 34.7 Å². The van der Waals surface area contributed by atoms with Gasteiger partial charge in [-0.2, -0.15) is 0 Å². The van der Waals surface area contributed by atoms with Gasteiger partial charge in [-0.25, -0.2) is 8.42 Å². The van der Waals surface area contributed by atoms with Gasteiger partial charge in [0.25, 0.3) is 10.0 Å². The average Bonchev–Trinajstić information content (AvgIpc) is 2.70. The number of hydrogen-bond donors (Lipinski definition) is 2. The second kappa shape index (κ2) is 4.82. The van der Waals surface area contributed by atoms with Crippen LogP contribution in [0.2, 0.25) is 0 Å². The molecule has 0 radical (unpaired) electrons. The second-order valence-electron chi connectivity index (χ2n) is 4.73. The number of nitrogens with zero attached hydrogens (tertiary/aromatic N) is 1. The van der Waals surface area contributed by atoms with E-state index in [1.54, 1.807) is 32.9 Å². The number of aryl methyl sites for hydroxylation is 3. The predicted molar refractivity (Wildman–Crippen MR) is 77.1 cm³/mol. The Morgan fingerprint density at radius 1 is 1.20 bits per heavy atom. The first kappa shape index (κ1) is 14.4. The number of sulfonamides is 1. The smallest absolute Gasteiger partial charge is 0.267 e. The Bertz CT molecular complexity index is 744. The highest BCUT2D eigenvalue weighted by Gasteiger charge is 2.25. The first-order valence-electron chi connectivity index (χ1n) is 6.05. The molecule has 0 fully saturated rings. The maximum atomic E-state index is 12.5. The van der Waals surface area contributed by atoms with Crippen LogP contribution in [0.5, 0.6) is 0 Å². The van der Waals surface area contributed by atoms with Gasteiger partial charge in [-0.15, -0.1) is 0 Å². The van der Waals surface area contributed by atoms with Gasteiger partial charge in [0.2, 0.25) is 0 Å². The topological polar surface area (TPSA) is 98.2 Å². The van der Waals surface area contributed by atoms with Crippen LogP contribution in [0.15, 0.2) is 21.6 Å². The third-order valence-electron chi connectivity index (χ3n) is 3.19. The van der Waals surface area contributed by atoms with Crippen LogP contribution in [-0.4, -0.2) is 13.6 Å². The molecule has 108 valence electrons. The van der Waals surface area contributed by atoms with E-state index in [0.717, 1.165) is 5.56 Å². The zero-order chi connectivity index (χ0) is 15.1. The number of aromatic nitrogens is 1. The summed E-state index contributed by atoms with van der Waals surface area (Å²) in [7, 11) is -3.75. The molecule has 6 nitrogen and oxygen atoms in total. The Morgan fingerprint density at radius 2 is 1.85 bits per heavy atom. The molecule has 0 bridgehead atoms. The number of nitrogen functional groups attached to an aromatic ring is 1. The van der Waals surface area contributed by atoms with Crippen LogP contribution in [0.3, 0.4) is 0 Å². The summed E-state index contributed by atoms with van der Waals surface area (Å²) in [6.07, 6.45) is 0. The number of nitrogens with two attached hydrogens (primary N) is 1. The van der Waals surface area contributed by atoms with Gasteiger partial charge in [0.05, 0.1) is 5.69 Å². The number of nitrogens with one attached hydrogen (secondary N) is 1. The van der Waals surface area contributed by atoms with Gasteiger partial charge in [-0.05, 0) is 44.9 Å². The van der Waals surface area contributed by atoms with Crippen LogP contribution in [0.4, 0.5) is 11.4 Å². The van der Waals surface area contributed by atoms with Crippen molar-refractivity contribution in [1.82, 2.24) is 5.16 Å². The van der Waals surface area contributed by atoms with Gasteiger partial charge < -0.3 is 10.3 Å². The summed E-state index contributed by atoms with van der Waals surface area (Å²) >= 11 is 0. The molecule has 0 aliphatic heterocycles. The molecule has 0 unspecified atom stereocenters. The van der Waals surface area contributed by atoms with Crippen LogP contribution in [0, 0.1) is 27.7 Å². The van der Waals surface area contributed by atoms with Gasteiger partial charge in [0, 0.05) is 5.69 Å². The highest BCUT2D eigenvalue weighted by atomic mass is 32.2. The molecular formula is C13H17N3O3S. The third-order valence-corrected chi connectivity index (χ3v) is 4.78. The summed E-state index contributed by atoms with van der Waals surface area (Å²) in [5.74, 6) is 0.259. The quantitative estimate of drug-likeness (QED) is 0.846. The Labute approximate surface area is 118 Å². The molecule has 2 aromatic rings. The molecule has 20 heavy (non-hydrogen) atoms. The Morgan fingerprint density at radius 3 is 2.40 bits per heavy atom. The summed E-state index contributed by atoms with van der Waals surface area (Å²) in [6, 6.07) is 3.52. The maximum Gasteiger partial charge on any atom is 0.267 e. The van der Waals surface area contributed by atoms with E-state index in [1.165, 1.54) is 0 Å². The molecule has 0 saturated heterocycles. The zero-order valence-corrected chi connectivity index (χ0v) is 12.6. The minimum absolute atomic E-state index is 0.0683. The lowest BCUT2D eigenvalue weighted by molar-refractivity contribution is 0.390. The fourth-order valence-corrected chi connectivity index (χ4v) is 3.59. The van der Waals surface area contributed by atoms with E-state index in [2.05, 4.69) is 9.88 Å². The van der Waals surface area contributed by atoms with E-state index in [1.807, 2.05) is 6.92 Å². The lowest BCUT2D eigenvalue weighted by Gasteiger charge is -2.14. The molecule has 1 heterocycles. The average molecular weight is 295 g/mol. The molecule has 1 aromatic heterocycles. The number of benzene rings is 1. The number of hydrogen-bond acceptors (Lipinski definition) is 5. The van der Waals surface area contributed by atoms with Crippen molar-refractivity contribution in [1.29, 1.82) is 0 Å². The molecule has 0 saturated carbocycles. The number of anilines is 2. The predicted octanol–water partition coefficient (Wildman–Crippen LogP) is 2.29. The molecule has 0 aliphatic rings. The lowest BCUT2D eigenvalue weighted by Crippen LogP contribution is -2.16. The van der Waals surface area contributed by atoms with E-state index < -0.39 is 10.0 Å². The highest BCUT2D eigenvalue weighted by molar-refractivity contribution is 7.92. The molecule has 2 rings (SSSR count). The summed E-state index contributed by atoms with van der Waals surface area (Å²) in [4.78, 5) is 0.0683. The Kier molecular flexibility index (Phi) is 3.47. The molecule has 3 N–H and O–H groups in total.